The molecule has 74 valence electrons. The lowest BCUT2D eigenvalue weighted by atomic mass is 10.1. The van der Waals surface area contributed by atoms with Crippen LogP contribution in [0, 0.1) is 0 Å². The molecule has 0 aliphatic rings. The lowest BCUT2D eigenvalue weighted by Gasteiger charge is -2.02. The van der Waals surface area contributed by atoms with Gasteiger partial charge in [0.1, 0.15) is 5.75 Å². The first-order chi connectivity index (χ1) is 6.66. The molecule has 1 atom stereocenters. The number of nitrogens with two attached hydrogens (primary N) is 1. The summed E-state index contributed by atoms with van der Waals surface area (Å²) in [5, 5.41) is 10.4. The summed E-state index contributed by atoms with van der Waals surface area (Å²) in [6.45, 7) is 1.99. The van der Waals surface area contributed by atoms with Crippen LogP contribution < -0.4 is 5.73 Å². The van der Waals surface area contributed by atoms with Gasteiger partial charge in [-0.1, -0.05) is 0 Å². The fourth-order valence-electron chi connectivity index (χ4n) is 1.69. The Labute approximate surface area is 82.6 Å². The molecule has 0 fully saturated rings. The van der Waals surface area contributed by atoms with E-state index in [2.05, 4.69) is 4.98 Å². The number of phenolic OH excluding ortho intramolecular Hbond substituents is 1. The molecule has 14 heavy (non-hydrogen) atoms. The van der Waals surface area contributed by atoms with E-state index in [1.807, 2.05) is 19.2 Å². The number of H-pyrrole nitrogens is 1. The maximum absolute atomic E-state index is 9.28. The average molecular weight is 190 g/mol. The first kappa shape index (κ1) is 9.09. The van der Waals surface area contributed by atoms with Crippen molar-refractivity contribution >= 4 is 10.9 Å². The number of hydrogen-bond donors (Lipinski definition) is 3. The number of benzene rings is 1. The maximum Gasteiger partial charge on any atom is 0.117 e. The molecule has 0 spiro atoms. The predicted molar refractivity (Wildman–Crippen MR) is 57.3 cm³/mol. The molecule has 0 aliphatic heterocycles. The van der Waals surface area contributed by atoms with Crippen LogP contribution in [0.2, 0.25) is 0 Å². The Hall–Kier alpha value is -1.48. The van der Waals surface area contributed by atoms with Gasteiger partial charge in [-0.2, -0.15) is 0 Å². The third kappa shape index (κ3) is 1.59. The van der Waals surface area contributed by atoms with Crippen molar-refractivity contribution in [2.45, 2.75) is 19.4 Å². The first-order valence-electron chi connectivity index (χ1n) is 4.71. The van der Waals surface area contributed by atoms with Crippen LogP contribution in [0.1, 0.15) is 12.5 Å². The molecule has 0 saturated heterocycles. The van der Waals surface area contributed by atoms with Gasteiger partial charge in [0.15, 0.2) is 0 Å². The van der Waals surface area contributed by atoms with E-state index >= 15 is 0 Å². The predicted octanol–water partition coefficient (Wildman–Crippen LogP) is 1.76. The van der Waals surface area contributed by atoms with Gasteiger partial charge in [0.05, 0.1) is 0 Å². The third-order valence-corrected chi connectivity index (χ3v) is 2.29. The molecule has 0 saturated carbocycles. The summed E-state index contributed by atoms with van der Waals surface area (Å²) in [6, 6.07) is 5.49. The Kier molecular flexibility index (Phi) is 2.17. The van der Waals surface area contributed by atoms with Crippen molar-refractivity contribution in [3.05, 3.63) is 30.0 Å². The summed E-state index contributed by atoms with van der Waals surface area (Å²) < 4.78 is 0. The molecule has 1 heterocycles. The van der Waals surface area contributed by atoms with Crippen LogP contribution in [-0.4, -0.2) is 16.1 Å². The zero-order chi connectivity index (χ0) is 10.1. The zero-order valence-electron chi connectivity index (χ0n) is 8.12. The number of aromatic amines is 1. The van der Waals surface area contributed by atoms with Crippen molar-refractivity contribution in [1.29, 1.82) is 0 Å². The summed E-state index contributed by atoms with van der Waals surface area (Å²) in [7, 11) is 0. The number of hydrogen-bond acceptors (Lipinski definition) is 2. The number of aromatic hydroxyl groups is 1. The molecule has 3 nitrogen and oxygen atoms in total. The van der Waals surface area contributed by atoms with E-state index in [4.69, 9.17) is 5.73 Å². The van der Waals surface area contributed by atoms with E-state index < -0.39 is 0 Å². The van der Waals surface area contributed by atoms with E-state index in [1.54, 1.807) is 12.1 Å². The molecular weight excluding hydrogens is 176 g/mol. The highest BCUT2D eigenvalue weighted by molar-refractivity contribution is 5.84. The van der Waals surface area contributed by atoms with Crippen LogP contribution in [0.25, 0.3) is 10.9 Å². The molecule has 2 rings (SSSR count). The largest absolute Gasteiger partial charge is 0.508 e. The van der Waals surface area contributed by atoms with Gasteiger partial charge in [-0.25, -0.2) is 0 Å². The van der Waals surface area contributed by atoms with E-state index in [9.17, 15) is 5.11 Å². The van der Waals surface area contributed by atoms with Gasteiger partial charge >= 0.3 is 0 Å². The highest BCUT2D eigenvalue weighted by atomic mass is 16.3. The molecule has 1 unspecified atom stereocenters. The lowest BCUT2D eigenvalue weighted by molar-refractivity contribution is 0.476. The molecule has 0 aliphatic carbocycles. The van der Waals surface area contributed by atoms with Gasteiger partial charge in [0, 0.05) is 29.2 Å². The van der Waals surface area contributed by atoms with Gasteiger partial charge in [-0.3, -0.25) is 0 Å². The second kappa shape index (κ2) is 3.35. The summed E-state index contributed by atoms with van der Waals surface area (Å²) >= 11 is 0. The number of phenols is 1. The molecule has 0 radical (unpaired) electrons. The minimum atomic E-state index is 0.155. The monoisotopic (exact) mass is 190 g/mol. The Balaban J connectivity index is 2.47. The SMILES string of the molecule is CC(N)Cc1c[nH]c2cc(O)ccc12. The van der Waals surface area contributed by atoms with Crippen molar-refractivity contribution in [2.24, 2.45) is 5.73 Å². The second-order valence-corrected chi connectivity index (χ2v) is 3.73. The maximum atomic E-state index is 9.28. The quantitative estimate of drug-likeness (QED) is 0.675. The Morgan fingerprint density at radius 2 is 2.29 bits per heavy atom. The van der Waals surface area contributed by atoms with E-state index in [1.165, 1.54) is 5.56 Å². The van der Waals surface area contributed by atoms with Crippen LogP contribution in [0.5, 0.6) is 5.75 Å². The van der Waals surface area contributed by atoms with Gasteiger partial charge in [-0.05, 0) is 31.0 Å². The molecule has 1 aromatic carbocycles. The van der Waals surface area contributed by atoms with Gasteiger partial charge in [-0.15, -0.1) is 0 Å². The van der Waals surface area contributed by atoms with Gasteiger partial charge in [0.25, 0.3) is 0 Å². The second-order valence-electron chi connectivity index (χ2n) is 3.73. The molecule has 0 amide bonds. The Morgan fingerprint density at radius 1 is 1.50 bits per heavy atom. The zero-order valence-corrected chi connectivity index (χ0v) is 8.12. The minimum Gasteiger partial charge on any atom is -0.508 e. The Morgan fingerprint density at radius 3 is 3.00 bits per heavy atom. The minimum absolute atomic E-state index is 0.155. The van der Waals surface area contributed by atoms with Crippen molar-refractivity contribution in [3.8, 4) is 5.75 Å². The number of nitrogens with one attached hydrogen (secondary N) is 1. The standard InChI is InChI=1S/C11H14N2O/c1-7(12)4-8-6-13-11-5-9(14)2-3-10(8)11/h2-3,5-7,13-14H,4,12H2,1H3. The van der Waals surface area contributed by atoms with Gasteiger partial charge in [0.2, 0.25) is 0 Å². The van der Waals surface area contributed by atoms with Crippen molar-refractivity contribution in [2.75, 3.05) is 0 Å². The summed E-state index contributed by atoms with van der Waals surface area (Å²) in [4.78, 5) is 3.12. The van der Waals surface area contributed by atoms with Crippen LogP contribution >= 0.6 is 0 Å². The topological polar surface area (TPSA) is 62.0 Å². The molecule has 2 aromatic rings. The third-order valence-electron chi connectivity index (χ3n) is 2.29. The summed E-state index contributed by atoms with van der Waals surface area (Å²) in [6.07, 6.45) is 2.80. The molecule has 1 aromatic heterocycles. The fraction of sp³-hybridized carbons (Fsp3) is 0.273. The first-order valence-corrected chi connectivity index (χ1v) is 4.71. The summed E-state index contributed by atoms with van der Waals surface area (Å²) in [5.41, 5.74) is 7.90. The van der Waals surface area contributed by atoms with Crippen molar-refractivity contribution in [1.82, 2.24) is 4.98 Å². The highest BCUT2D eigenvalue weighted by Crippen LogP contribution is 2.23. The smallest absolute Gasteiger partial charge is 0.117 e. The van der Waals surface area contributed by atoms with E-state index in [0.717, 1.165) is 17.3 Å². The van der Waals surface area contributed by atoms with Crippen LogP contribution in [0.15, 0.2) is 24.4 Å². The van der Waals surface area contributed by atoms with Crippen molar-refractivity contribution < 1.29 is 5.11 Å². The fourth-order valence-corrected chi connectivity index (χ4v) is 1.69. The lowest BCUT2D eigenvalue weighted by Crippen LogP contribution is -2.17. The van der Waals surface area contributed by atoms with Crippen LogP contribution in [0.3, 0.4) is 0 Å². The van der Waals surface area contributed by atoms with Crippen LogP contribution in [-0.2, 0) is 6.42 Å². The summed E-state index contributed by atoms with van der Waals surface area (Å²) in [5.74, 6) is 0.284. The molecular formula is C11H14N2O. The van der Waals surface area contributed by atoms with Crippen LogP contribution in [0.4, 0.5) is 0 Å². The normalized spacial score (nSPS) is 13.3. The van der Waals surface area contributed by atoms with Gasteiger partial charge < -0.3 is 15.8 Å². The number of fused-ring (bicyclic) bond motifs is 1. The number of aromatic nitrogens is 1. The van der Waals surface area contributed by atoms with Crippen molar-refractivity contribution in [3.63, 3.8) is 0 Å². The highest BCUT2D eigenvalue weighted by Gasteiger charge is 2.05. The van der Waals surface area contributed by atoms with E-state index in [-0.39, 0.29) is 11.8 Å². The molecule has 4 N–H and O–H groups in total. The van der Waals surface area contributed by atoms with E-state index in [0.29, 0.717) is 0 Å². The number of rotatable bonds is 2. The Bertz CT molecular complexity index is 445. The molecule has 3 heteroatoms. The molecule has 0 bridgehead atoms. The average Bonchev–Trinajstić information content (AvgIpc) is 2.47.